The molecule has 0 fully saturated rings. The fourth-order valence-corrected chi connectivity index (χ4v) is 1.71. The first-order valence-electron chi connectivity index (χ1n) is 6.00. The lowest BCUT2D eigenvalue weighted by molar-refractivity contribution is 0.0395. The number of ether oxygens (including phenoxy) is 2. The molecule has 0 aliphatic heterocycles. The molecule has 0 aliphatic carbocycles. The van der Waals surface area contributed by atoms with E-state index in [9.17, 15) is 0 Å². The normalized spacial score (nSPS) is 11.1. The van der Waals surface area contributed by atoms with Gasteiger partial charge in [-0.2, -0.15) is 5.10 Å². The van der Waals surface area contributed by atoms with Crippen molar-refractivity contribution in [2.75, 3.05) is 19.8 Å². The zero-order valence-corrected chi connectivity index (χ0v) is 11.6. The van der Waals surface area contributed by atoms with Gasteiger partial charge in [0.25, 0.3) is 0 Å². The summed E-state index contributed by atoms with van der Waals surface area (Å²) in [6, 6.07) is 0. The molecular weight excluding hydrogens is 240 g/mol. The minimum Gasteiger partial charge on any atom is -0.379 e. The molecule has 5 heteroatoms. The third-order valence-corrected chi connectivity index (χ3v) is 3.00. The molecule has 0 atom stereocenters. The smallest absolute Gasteiger partial charge is 0.132 e. The van der Waals surface area contributed by atoms with Crippen molar-refractivity contribution in [1.29, 1.82) is 0 Å². The van der Waals surface area contributed by atoms with Crippen LogP contribution < -0.4 is 0 Å². The summed E-state index contributed by atoms with van der Waals surface area (Å²) in [7, 11) is 1.83. The van der Waals surface area contributed by atoms with Crippen LogP contribution in [0.4, 0.5) is 0 Å². The lowest BCUT2D eigenvalue weighted by atomic mass is 10.3. The maximum atomic E-state index is 6.08. The first-order chi connectivity index (χ1) is 8.16. The van der Waals surface area contributed by atoms with Crippen molar-refractivity contribution in [2.24, 2.45) is 7.05 Å². The molecule has 1 rings (SSSR count). The van der Waals surface area contributed by atoms with Gasteiger partial charge in [0, 0.05) is 19.2 Å². The van der Waals surface area contributed by atoms with Crippen molar-refractivity contribution in [3.63, 3.8) is 0 Å². The summed E-state index contributed by atoms with van der Waals surface area (Å²) in [4.78, 5) is 0. The van der Waals surface area contributed by atoms with Crippen LogP contribution >= 0.6 is 11.6 Å². The molecule has 98 valence electrons. The van der Waals surface area contributed by atoms with Crippen LogP contribution in [0.3, 0.4) is 0 Å². The molecule has 0 aliphatic rings. The van der Waals surface area contributed by atoms with Crippen LogP contribution in [-0.4, -0.2) is 29.6 Å². The number of nitrogens with zero attached hydrogens (tertiary/aromatic N) is 2. The number of rotatable bonds is 8. The summed E-state index contributed by atoms with van der Waals surface area (Å²) in [6.45, 7) is 6.61. The number of aromatic nitrogens is 2. The molecule has 0 saturated carbocycles. The second kappa shape index (κ2) is 7.69. The Morgan fingerprint density at radius 1 is 1.24 bits per heavy atom. The molecule has 0 amide bonds. The number of aryl methyl sites for hydroxylation is 2. The predicted molar refractivity (Wildman–Crippen MR) is 68.3 cm³/mol. The highest BCUT2D eigenvalue weighted by molar-refractivity contribution is 6.30. The molecule has 17 heavy (non-hydrogen) atoms. The third-order valence-electron chi connectivity index (χ3n) is 2.53. The second-order valence-electron chi connectivity index (χ2n) is 4.00. The molecule has 1 heterocycles. The molecule has 0 saturated heterocycles. The van der Waals surface area contributed by atoms with Crippen LogP contribution in [0.1, 0.15) is 31.0 Å². The van der Waals surface area contributed by atoms with Gasteiger partial charge in [-0.3, -0.25) is 4.68 Å². The Hall–Kier alpha value is -0.580. The van der Waals surface area contributed by atoms with Gasteiger partial charge in [-0.15, -0.1) is 0 Å². The minimum absolute atomic E-state index is 0.496. The van der Waals surface area contributed by atoms with E-state index in [0.29, 0.717) is 25.0 Å². The standard InChI is InChI=1S/C12H21ClN2O2/c1-4-5-6-16-7-8-17-9-11-10(2)14-15(3)12(11)13/h4-9H2,1-3H3. The van der Waals surface area contributed by atoms with Crippen LogP contribution in [0.2, 0.25) is 5.15 Å². The topological polar surface area (TPSA) is 36.3 Å². The van der Waals surface area contributed by atoms with E-state index in [-0.39, 0.29) is 0 Å². The van der Waals surface area contributed by atoms with E-state index in [4.69, 9.17) is 21.1 Å². The molecule has 0 N–H and O–H groups in total. The maximum Gasteiger partial charge on any atom is 0.132 e. The van der Waals surface area contributed by atoms with E-state index in [1.54, 1.807) is 4.68 Å². The van der Waals surface area contributed by atoms with Gasteiger partial charge in [0.05, 0.1) is 25.5 Å². The van der Waals surface area contributed by atoms with Gasteiger partial charge in [-0.1, -0.05) is 24.9 Å². The zero-order valence-electron chi connectivity index (χ0n) is 10.8. The lowest BCUT2D eigenvalue weighted by Gasteiger charge is -2.05. The summed E-state index contributed by atoms with van der Waals surface area (Å²) in [5.74, 6) is 0. The number of halogens is 1. The van der Waals surface area contributed by atoms with E-state index in [1.807, 2.05) is 14.0 Å². The highest BCUT2D eigenvalue weighted by Gasteiger charge is 2.10. The summed E-state index contributed by atoms with van der Waals surface area (Å²) in [6.07, 6.45) is 2.26. The molecular formula is C12H21ClN2O2. The molecule has 0 radical (unpaired) electrons. The molecule has 4 nitrogen and oxygen atoms in total. The van der Waals surface area contributed by atoms with E-state index in [0.717, 1.165) is 30.7 Å². The van der Waals surface area contributed by atoms with Gasteiger partial charge in [0.2, 0.25) is 0 Å². The molecule has 1 aromatic heterocycles. The van der Waals surface area contributed by atoms with Crippen molar-refractivity contribution in [2.45, 2.75) is 33.3 Å². The van der Waals surface area contributed by atoms with Crippen LogP contribution in [0.5, 0.6) is 0 Å². The van der Waals surface area contributed by atoms with Crippen molar-refractivity contribution in [3.8, 4) is 0 Å². The minimum atomic E-state index is 0.496. The fourth-order valence-electron chi connectivity index (χ4n) is 1.48. The first kappa shape index (κ1) is 14.5. The van der Waals surface area contributed by atoms with E-state index < -0.39 is 0 Å². The van der Waals surface area contributed by atoms with Crippen LogP contribution in [0.15, 0.2) is 0 Å². The Morgan fingerprint density at radius 2 is 1.94 bits per heavy atom. The van der Waals surface area contributed by atoms with Gasteiger partial charge >= 0.3 is 0 Å². The van der Waals surface area contributed by atoms with Crippen molar-refractivity contribution < 1.29 is 9.47 Å². The van der Waals surface area contributed by atoms with Gasteiger partial charge in [0.1, 0.15) is 5.15 Å². The predicted octanol–water partition coefficient (Wildman–Crippen LogP) is 2.72. The van der Waals surface area contributed by atoms with E-state index in [1.165, 1.54) is 0 Å². The molecule has 1 aromatic rings. The zero-order chi connectivity index (χ0) is 12.7. The Balaban J connectivity index is 2.18. The molecule has 0 spiro atoms. The van der Waals surface area contributed by atoms with E-state index in [2.05, 4.69) is 12.0 Å². The van der Waals surface area contributed by atoms with Gasteiger partial charge in [-0.25, -0.2) is 0 Å². The maximum absolute atomic E-state index is 6.08. The molecule has 0 aromatic carbocycles. The number of unbranched alkanes of at least 4 members (excludes halogenated alkanes) is 1. The quantitative estimate of drug-likeness (QED) is 0.675. The Bertz CT molecular complexity index is 339. The highest BCUT2D eigenvalue weighted by atomic mass is 35.5. The monoisotopic (exact) mass is 260 g/mol. The van der Waals surface area contributed by atoms with E-state index >= 15 is 0 Å². The lowest BCUT2D eigenvalue weighted by Crippen LogP contribution is -2.05. The third kappa shape index (κ3) is 4.66. The average Bonchev–Trinajstić information content (AvgIpc) is 2.54. The largest absolute Gasteiger partial charge is 0.379 e. The molecule has 0 bridgehead atoms. The Labute approximate surface area is 108 Å². The average molecular weight is 261 g/mol. The summed E-state index contributed by atoms with van der Waals surface area (Å²) in [5, 5.41) is 4.87. The van der Waals surface area contributed by atoms with Gasteiger partial charge in [-0.05, 0) is 13.3 Å². The van der Waals surface area contributed by atoms with Crippen molar-refractivity contribution in [1.82, 2.24) is 9.78 Å². The summed E-state index contributed by atoms with van der Waals surface area (Å²) < 4.78 is 12.6. The first-order valence-corrected chi connectivity index (χ1v) is 6.38. The molecule has 0 unspecified atom stereocenters. The van der Waals surface area contributed by atoms with Gasteiger partial charge < -0.3 is 9.47 Å². The van der Waals surface area contributed by atoms with Crippen LogP contribution in [-0.2, 0) is 23.1 Å². The second-order valence-corrected chi connectivity index (χ2v) is 4.35. The van der Waals surface area contributed by atoms with Gasteiger partial charge in [0.15, 0.2) is 0 Å². The fraction of sp³-hybridized carbons (Fsp3) is 0.750. The number of hydrogen-bond donors (Lipinski definition) is 0. The number of hydrogen-bond acceptors (Lipinski definition) is 3. The SMILES string of the molecule is CCCCOCCOCc1c(C)nn(C)c1Cl. The van der Waals surface area contributed by atoms with Crippen molar-refractivity contribution in [3.05, 3.63) is 16.4 Å². The summed E-state index contributed by atoms with van der Waals surface area (Å²) in [5.41, 5.74) is 1.88. The van der Waals surface area contributed by atoms with Crippen LogP contribution in [0, 0.1) is 6.92 Å². The van der Waals surface area contributed by atoms with Crippen molar-refractivity contribution >= 4 is 11.6 Å². The summed E-state index contributed by atoms with van der Waals surface area (Å²) >= 11 is 6.08. The van der Waals surface area contributed by atoms with Crippen LogP contribution in [0.25, 0.3) is 0 Å². The Kier molecular flexibility index (Phi) is 6.55. The highest BCUT2D eigenvalue weighted by Crippen LogP contribution is 2.19. The Morgan fingerprint density at radius 3 is 2.53 bits per heavy atom.